The van der Waals surface area contributed by atoms with Gasteiger partial charge >= 0.3 is 5.97 Å². The number of halogens is 1. The van der Waals surface area contributed by atoms with Gasteiger partial charge < -0.3 is 4.74 Å². The van der Waals surface area contributed by atoms with Crippen molar-refractivity contribution < 1.29 is 18.7 Å². The zero-order chi connectivity index (χ0) is 25.3. The molecule has 1 aromatic carbocycles. The van der Waals surface area contributed by atoms with Crippen LogP contribution in [0.4, 0.5) is 9.52 Å². The molecule has 4 aromatic rings. The van der Waals surface area contributed by atoms with Crippen LogP contribution in [0.5, 0.6) is 0 Å². The summed E-state index contributed by atoms with van der Waals surface area (Å²) in [4.78, 5) is 37.2. The molecule has 0 atom stereocenters. The van der Waals surface area contributed by atoms with Gasteiger partial charge in [-0.3, -0.25) is 9.69 Å². The molecule has 0 bridgehead atoms. The lowest BCUT2D eigenvalue weighted by Gasteiger charge is -2.21. The highest BCUT2D eigenvalue weighted by Gasteiger charge is 2.27. The van der Waals surface area contributed by atoms with E-state index in [1.54, 1.807) is 45.2 Å². The third kappa shape index (κ3) is 4.93. The highest BCUT2D eigenvalue weighted by atomic mass is 32.1. The number of anilines is 1. The molecule has 0 unspecified atom stereocenters. The lowest BCUT2D eigenvalue weighted by Crippen LogP contribution is -2.31. The van der Waals surface area contributed by atoms with Crippen LogP contribution in [-0.4, -0.2) is 38.2 Å². The first-order valence-corrected chi connectivity index (χ1v) is 12.1. The predicted molar refractivity (Wildman–Crippen MR) is 132 cm³/mol. The summed E-state index contributed by atoms with van der Waals surface area (Å²) in [6, 6.07) is 7.81. The van der Waals surface area contributed by atoms with Crippen LogP contribution in [0.15, 0.2) is 36.5 Å². The van der Waals surface area contributed by atoms with E-state index in [0.29, 0.717) is 38.2 Å². The number of carbonyl (C=O) groups is 2. The Kier molecular flexibility index (Phi) is 6.93. The third-order valence-electron chi connectivity index (χ3n) is 5.46. The van der Waals surface area contributed by atoms with Crippen LogP contribution in [0.3, 0.4) is 0 Å². The number of nitrogens with zero attached hydrogens (tertiary/aromatic N) is 5. The van der Waals surface area contributed by atoms with Crippen molar-refractivity contribution in [3.63, 3.8) is 0 Å². The normalized spacial score (nSPS) is 11.3. The van der Waals surface area contributed by atoms with Crippen molar-refractivity contribution in [3.05, 3.63) is 69.7 Å². The number of benzene rings is 1. The third-order valence-corrected chi connectivity index (χ3v) is 6.62. The molecule has 3 heterocycles. The molecule has 0 saturated heterocycles. The van der Waals surface area contributed by atoms with E-state index < -0.39 is 5.97 Å². The summed E-state index contributed by atoms with van der Waals surface area (Å²) in [5.41, 5.74) is 2.84. The minimum Gasteiger partial charge on any atom is -0.462 e. The van der Waals surface area contributed by atoms with Crippen molar-refractivity contribution in [2.75, 3.05) is 11.5 Å². The quantitative estimate of drug-likeness (QED) is 0.325. The monoisotopic (exact) mass is 495 g/mol. The number of amides is 1. The number of rotatable bonds is 7. The Balaban J connectivity index is 1.78. The number of aryl methyl sites for hydroxylation is 2. The number of hydrogen-bond donors (Lipinski definition) is 0. The van der Waals surface area contributed by atoms with E-state index in [9.17, 15) is 14.0 Å². The summed E-state index contributed by atoms with van der Waals surface area (Å²) < 4.78 is 20.4. The summed E-state index contributed by atoms with van der Waals surface area (Å²) in [5.74, 6) is -1.18. The van der Waals surface area contributed by atoms with E-state index >= 15 is 0 Å². The summed E-state index contributed by atoms with van der Waals surface area (Å²) >= 11 is 1.09. The van der Waals surface area contributed by atoms with Gasteiger partial charge in [0.15, 0.2) is 10.8 Å². The van der Waals surface area contributed by atoms with Gasteiger partial charge in [0.1, 0.15) is 10.7 Å². The molecule has 0 aliphatic heterocycles. The van der Waals surface area contributed by atoms with Gasteiger partial charge in [-0.05, 0) is 58.4 Å². The van der Waals surface area contributed by atoms with Gasteiger partial charge in [0.05, 0.1) is 36.3 Å². The Morgan fingerprint density at radius 3 is 2.51 bits per heavy atom. The Bertz CT molecular complexity index is 1390. The maximum absolute atomic E-state index is 13.9. The average molecular weight is 496 g/mol. The van der Waals surface area contributed by atoms with E-state index in [1.807, 2.05) is 18.5 Å². The fourth-order valence-electron chi connectivity index (χ4n) is 3.69. The number of ether oxygens (including phenoxy) is 1. The SMILES string of the molecule is CCOC(=O)c1sc(N(Cc2ccc(F)cc2)C(=O)c2cc3cnn(C(C)C)c3nc2C)nc1C. The molecule has 35 heavy (non-hydrogen) atoms. The van der Waals surface area contributed by atoms with Crippen molar-refractivity contribution in [1.29, 1.82) is 0 Å². The van der Waals surface area contributed by atoms with E-state index in [1.165, 1.54) is 17.0 Å². The van der Waals surface area contributed by atoms with Crippen molar-refractivity contribution in [2.24, 2.45) is 0 Å². The summed E-state index contributed by atoms with van der Waals surface area (Å²) in [6.45, 7) is 9.60. The zero-order valence-electron chi connectivity index (χ0n) is 20.2. The number of hydrogen-bond acceptors (Lipinski definition) is 7. The van der Waals surface area contributed by atoms with Crippen LogP contribution >= 0.6 is 11.3 Å². The highest BCUT2D eigenvalue weighted by molar-refractivity contribution is 7.17. The first-order valence-electron chi connectivity index (χ1n) is 11.2. The predicted octanol–water partition coefficient (Wildman–Crippen LogP) is 5.25. The largest absolute Gasteiger partial charge is 0.462 e. The van der Waals surface area contributed by atoms with Gasteiger partial charge in [-0.15, -0.1) is 0 Å². The maximum Gasteiger partial charge on any atom is 0.350 e. The van der Waals surface area contributed by atoms with Crippen molar-refractivity contribution in [1.82, 2.24) is 19.7 Å². The molecule has 182 valence electrons. The first-order chi connectivity index (χ1) is 16.7. The number of pyridine rings is 1. The van der Waals surface area contributed by atoms with Crippen LogP contribution in [-0.2, 0) is 11.3 Å². The number of aromatic nitrogens is 4. The molecule has 10 heteroatoms. The van der Waals surface area contributed by atoms with Crippen molar-refractivity contribution in [2.45, 2.75) is 47.2 Å². The Morgan fingerprint density at radius 1 is 1.14 bits per heavy atom. The maximum atomic E-state index is 13.9. The fraction of sp³-hybridized carbons (Fsp3) is 0.320. The van der Waals surface area contributed by atoms with Crippen LogP contribution in [0, 0.1) is 19.7 Å². The standard InChI is InChI=1S/C25H26FN5O3S/c1-6-34-24(33)21-16(5)29-25(35-21)30(13-17-7-9-19(26)10-8-17)23(32)20-11-18-12-27-31(14(2)3)22(18)28-15(20)4/h7-12,14H,6,13H2,1-5H3. The van der Waals surface area contributed by atoms with Crippen LogP contribution in [0.25, 0.3) is 11.0 Å². The Hall–Kier alpha value is -3.66. The van der Waals surface area contributed by atoms with Crippen LogP contribution in [0.1, 0.15) is 63.8 Å². The van der Waals surface area contributed by atoms with E-state index in [-0.39, 0.29) is 30.9 Å². The van der Waals surface area contributed by atoms with Crippen molar-refractivity contribution >= 4 is 39.4 Å². The molecule has 3 aromatic heterocycles. The van der Waals surface area contributed by atoms with Crippen molar-refractivity contribution in [3.8, 4) is 0 Å². The van der Waals surface area contributed by atoms with Gasteiger partial charge in [-0.25, -0.2) is 23.8 Å². The molecular formula is C25H26FN5O3S. The molecule has 0 fully saturated rings. The van der Waals surface area contributed by atoms with Gasteiger partial charge in [0.2, 0.25) is 0 Å². The molecule has 4 rings (SSSR count). The van der Waals surface area contributed by atoms with Crippen LogP contribution < -0.4 is 4.90 Å². The van der Waals surface area contributed by atoms with E-state index in [2.05, 4.69) is 15.1 Å². The lowest BCUT2D eigenvalue weighted by molar-refractivity contribution is 0.0531. The van der Waals surface area contributed by atoms with E-state index in [4.69, 9.17) is 4.74 Å². The highest BCUT2D eigenvalue weighted by Crippen LogP contribution is 2.30. The molecule has 0 saturated carbocycles. The second-order valence-electron chi connectivity index (χ2n) is 8.37. The summed E-state index contributed by atoms with van der Waals surface area (Å²) in [7, 11) is 0. The number of thiazole rings is 1. The number of fused-ring (bicyclic) bond motifs is 1. The molecular weight excluding hydrogens is 469 g/mol. The van der Waals surface area contributed by atoms with Gasteiger partial charge in [0, 0.05) is 11.4 Å². The minimum atomic E-state index is -0.483. The molecule has 0 aliphatic carbocycles. The Labute approximate surface area is 206 Å². The molecule has 0 aliphatic rings. The van der Waals surface area contributed by atoms with Crippen LogP contribution in [0.2, 0.25) is 0 Å². The molecule has 0 spiro atoms. The summed E-state index contributed by atoms with van der Waals surface area (Å²) in [6.07, 6.45) is 1.69. The fourth-order valence-corrected chi connectivity index (χ4v) is 4.65. The van der Waals surface area contributed by atoms with E-state index in [0.717, 1.165) is 16.7 Å². The molecule has 8 nitrogen and oxygen atoms in total. The zero-order valence-corrected chi connectivity index (χ0v) is 21.0. The lowest BCUT2D eigenvalue weighted by atomic mass is 10.1. The van der Waals surface area contributed by atoms with Gasteiger partial charge in [0.25, 0.3) is 5.91 Å². The second-order valence-corrected chi connectivity index (χ2v) is 9.34. The molecule has 0 radical (unpaired) electrons. The topological polar surface area (TPSA) is 90.2 Å². The molecule has 0 N–H and O–H groups in total. The Morgan fingerprint density at radius 2 is 1.86 bits per heavy atom. The second kappa shape index (κ2) is 9.91. The number of esters is 1. The summed E-state index contributed by atoms with van der Waals surface area (Å²) in [5, 5.41) is 5.49. The van der Waals surface area contributed by atoms with Gasteiger partial charge in [-0.1, -0.05) is 23.5 Å². The molecule has 1 amide bonds. The smallest absolute Gasteiger partial charge is 0.350 e. The number of carbonyl (C=O) groups excluding carboxylic acids is 2. The minimum absolute atomic E-state index is 0.121. The average Bonchev–Trinajstić information content (AvgIpc) is 3.41. The first kappa shape index (κ1) is 24.5. The van der Waals surface area contributed by atoms with Gasteiger partial charge in [-0.2, -0.15) is 5.10 Å².